The Hall–Kier alpha value is -2.11. The molecular weight excluding hydrogens is 311 g/mol. The summed E-state index contributed by atoms with van der Waals surface area (Å²) in [5.74, 6) is 0.376. The van der Waals surface area contributed by atoms with Gasteiger partial charge in [0.25, 0.3) is 0 Å². The highest BCUT2D eigenvalue weighted by atomic mass is 19.1. The van der Waals surface area contributed by atoms with E-state index in [2.05, 4.69) is 10.1 Å². The molecule has 0 unspecified atom stereocenters. The van der Waals surface area contributed by atoms with Crippen LogP contribution >= 0.6 is 0 Å². The van der Waals surface area contributed by atoms with Crippen molar-refractivity contribution in [3.63, 3.8) is 0 Å². The zero-order valence-corrected chi connectivity index (χ0v) is 13.8. The van der Waals surface area contributed by atoms with Crippen LogP contribution in [0.5, 0.6) is 0 Å². The molecule has 1 heterocycles. The van der Waals surface area contributed by atoms with Crippen molar-refractivity contribution in [2.45, 2.75) is 37.6 Å². The minimum Gasteiger partial charge on any atom is -0.453 e. The molecule has 1 saturated carbocycles. The minimum absolute atomic E-state index is 0.00882. The molecule has 1 aromatic carbocycles. The van der Waals surface area contributed by atoms with Crippen molar-refractivity contribution in [2.75, 3.05) is 20.2 Å². The highest BCUT2D eigenvalue weighted by Gasteiger charge is 2.38. The second kappa shape index (κ2) is 7.20. The van der Waals surface area contributed by atoms with E-state index >= 15 is 0 Å². The Morgan fingerprint density at radius 1 is 1.17 bits per heavy atom. The lowest BCUT2D eigenvalue weighted by atomic mass is 9.78. The Kier molecular flexibility index (Phi) is 5.02. The summed E-state index contributed by atoms with van der Waals surface area (Å²) in [6.45, 7) is 1.49. The summed E-state index contributed by atoms with van der Waals surface area (Å²) in [5, 5.41) is 2.72. The molecule has 1 aliphatic heterocycles. The minimum atomic E-state index is -0.439. The van der Waals surface area contributed by atoms with E-state index in [-0.39, 0.29) is 23.7 Å². The second-order valence-electron chi connectivity index (χ2n) is 6.65. The van der Waals surface area contributed by atoms with Crippen molar-refractivity contribution in [3.05, 3.63) is 35.6 Å². The molecule has 1 aliphatic carbocycles. The Bertz CT molecular complexity index is 591. The molecule has 6 heteroatoms. The monoisotopic (exact) mass is 334 g/mol. The molecule has 3 rings (SSSR count). The van der Waals surface area contributed by atoms with E-state index < -0.39 is 6.09 Å². The summed E-state index contributed by atoms with van der Waals surface area (Å²) in [6.07, 6.45) is 2.76. The number of ether oxygens (including phenoxy) is 1. The topological polar surface area (TPSA) is 58.6 Å². The fourth-order valence-corrected chi connectivity index (χ4v) is 3.59. The van der Waals surface area contributed by atoms with E-state index in [1.807, 2.05) is 17.0 Å². The fourth-order valence-electron chi connectivity index (χ4n) is 3.59. The normalized spacial score (nSPS) is 24.2. The Morgan fingerprint density at radius 2 is 1.79 bits per heavy atom. The van der Waals surface area contributed by atoms with Crippen molar-refractivity contribution < 1.29 is 18.7 Å². The first kappa shape index (κ1) is 16.7. The highest BCUT2D eigenvalue weighted by Crippen LogP contribution is 2.33. The van der Waals surface area contributed by atoms with Gasteiger partial charge in [-0.3, -0.25) is 4.79 Å². The number of piperidine rings is 1. The smallest absolute Gasteiger partial charge is 0.407 e. The number of carbonyl (C=O) groups is 2. The van der Waals surface area contributed by atoms with Crippen molar-refractivity contribution in [2.24, 2.45) is 5.92 Å². The molecular formula is C18H23FN2O3. The molecule has 1 aromatic rings. The van der Waals surface area contributed by atoms with Gasteiger partial charge in [-0.15, -0.1) is 0 Å². The number of nitrogens with one attached hydrogen (secondary N) is 1. The van der Waals surface area contributed by atoms with Crippen LogP contribution in [0.15, 0.2) is 24.3 Å². The van der Waals surface area contributed by atoms with Gasteiger partial charge in [0.15, 0.2) is 0 Å². The lowest BCUT2D eigenvalue weighted by Gasteiger charge is -2.40. The number of amides is 2. The van der Waals surface area contributed by atoms with Crippen LogP contribution < -0.4 is 5.32 Å². The molecule has 1 N–H and O–H groups in total. The van der Waals surface area contributed by atoms with Crippen LogP contribution in [0.4, 0.5) is 9.18 Å². The number of likely N-dealkylation sites (tertiary alicyclic amines) is 1. The summed E-state index contributed by atoms with van der Waals surface area (Å²) >= 11 is 0. The van der Waals surface area contributed by atoms with Crippen LogP contribution in [-0.4, -0.2) is 43.1 Å². The van der Waals surface area contributed by atoms with E-state index in [0.29, 0.717) is 18.8 Å². The first-order valence-electron chi connectivity index (χ1n) is 8.45. The number of nitrogens with zero attached hydrogens (tertiary/aromatic N) is 1. The zero-order valence-electron chi connectivity index (χ0n) is 13.8. The Labute approximate surface area is 141 Å². The Morgan fingerprint density at radius 3 is 2.38 bits per heavy atom. The van der Waals surface area contributed by atoms with Gasteiger partial charge < -0.3 is 15.0 Å². The van der Waals surface area contributed by atoms with Crippen molar-refractivity contribution in [3.8, 4) is 0 Å². The first-order valence-corrected chi connectivity index (χ1v) is 8.45. The zero-order chi connectivity index (χ0) is 17.1. The van der Waals surface area contributed by atoms with Crippen LogP contribution in [0.2, 0.25) is 0 Å². The van der Waals surface area contributed by atoms with Crippen LogP contribution in [0.3, 0.4) is 0 Å². The molecule has 2 fully saturated rings. The van der Waals surface area contributed by atoms with Gasteiger partial charge in [0.1, 0.15) is 5.82 Å². The van der Waals surface area contributed by atoms with Gasteiger partial charge in [0, 0.05) is 25.0 Å². The molecule has 24 heavy (non-hydrogen) atoms. The summed E-state index contributed by atoms with van der Waals surface area (Å²) in [5.41, 5.74) is 1.15. The summed E-state index contributed by atoms with van der Waals surface area (Å²) < 4.78 is 17.6. The van der Waals surface area contributed by atoms with Crippen LogP contribution in [0.1, 0.15) is 37.2 Å². The van der Waals surface area contributed by atoms with E-state index in [4.69, 9.17) is 0 Å². The lowest BCUT2D eigenvalue weighted by molar-refractivity contribution is -0.140. The first-order chi connectivity index (χ1) is 11.6. The number of benzene rings is 1. The van der Waals surface area contributed by atoms with E-state index in [0.717, 1.165) is 31.5 Å². The average Bonchev–Trinajstić information content (AvgIpc) is 2.58. The number of hydrogen-bond donors (Lipinski definition) is 1. The number of carbonyl (C=O) groups excluding carboxylic acids is 2. The molecule has 0 bridgehead atoms. The predicted molar refractivity (Wildman–Crippen MR) is 87.0 cm³/mol. The predicted octanol–water partition coefficient (Wildman–Crippen LogP) is 2.67. The molecule has 2 aliphatic rings. The van der Waals surface area contributed by atoms with Gasteiger partial charge in [-0.1, -0.05) is 12.1 Å². The van der Waals surface area contributed by atoms with Gasteiger partial charge in [-0.05, 0) is 49.3 Å². The van der Waals surface area contributed by atoms with Crippen LogP contribution in [0, 0.1) is 11.7 Å². The number of halogens is 1. The van der Waals surface area contributed by atoms with Gasteiger partial charge >= 0.3 is 6.09 Å². The standard InChI is InChI=1S/C18H23FN2O3/c1-24-18(23)20-16-10-14(11-16)17(22)21-8-6-13(7-9-21)12-2-4-15(19)5-3-12/h2-5,13-14,16H,6-11H2,1H3,(H,20,23). The van der Waals surface area contributed by atoms with Crippen molar-refractivity contribution in [1.29, 1.82) is 0 Å². The summed E-state index contributed by atoms with van der Waals surface area (Å²) in [7, 11) is 1.34. The lowest BCUT2D eigenvalue weighted by Crippen LogP contribution is -2.51. The quantitative estimate of drug-likeness (QED) is 0.924. The SMILES string of the molecule is COC(=O)NC1CC(C(=O)N2CCC(c3ccc(F)cc3)CC2)C1. The number of rotatable bonds is 3. The van der Waals surface area contributed by atoms with Gasteiger partial charge in [0.05, 0.1) is 7.11 Å². The molecule has 2 amide bonds. The maximum Gasteiger partial charge on any atom is 0.407 e. The fraction of sp³-hybridized carbons (Fsp3) is 0.556. The van der Waals surface area contributed by atoms with Crippen molar-refractivity contribution in [1.82, 2.24) is 10.2 Å². The maximum absolute atomic E-state index is 13.0. The second-order valence-corrected chi connectivity index (χ2v) is 6.65. The summed E-state index contributed by atoms with van der Waals surface area (Å²) in [6, 6.07) is 6.72. The molecule has 1 saturated heterocycles. The van der Waals surface area contributed by atoms with E-state index in [1.54, 1.807) is 0 Å². The van der Waals surface area contributed by atoms with Gasteiger partial charge in [-0.2, -0.15) is 0 Å². The third-order valence-corrected chi connectivity index (χ3v) is 5.14. The molecule has 130 valence electrons. The third-order valence-electron chi connectivity index (χ3n) is 5.14. The van der Waals surface area contributed by atoms with Crippen molar-refractivity contribution >= 4 is 12.0 Å². The molecule has 0 aromatic heterocycles. The molecule has 0 atom stereocenters. The van der Waals surface area contributed by atoms with E-state index in [1.165, 1.54) is 19.2 Å². The molecule has 0 radical (unpaired) electrons. The molecule has 0 spiro atoms. The largest absolute Gasteiger partial charge is 0.453 e. The van der Waals surface area contributed by atoms with Gasteiger partial charge in [-0.25, -0.2) is 9.18 Å². The van der Waals surface area contributed by atoms with Crippen LogP contribution in [-0.2, 0) is 9.53 Å². The maximum atomic E-state index is 13.0. The van der Waals surface area contributed by atoms with Crippen LogP contribution in [0.25, 0.3) is 0 Å². The Balaban J connectivity index is 1.44. The van der Waals surface area contributed by atoms with E-state index in [9.17, 15) is 14.0 Å². The third kappa shape index (κ3) is 3.68. The summed E-state index contributed by atoms with van der Waals surface area (Å²) in [4.78, 5) is 25.6. The highest BCUT2D eigenvalue weighted by molar-refractivity contribution is 5.80. The van der Waals surface area contributed by atoms with Gasteiger partial charge in [0.2, 0.25) is 5.91 Å². The molecule has 5 nitrogen and oxygen atoms in total. The number of hydrogen-bond acceptors (Lipinski definition) is 3. The number of alkyl carbamates (subject to hydrolysis) is 1. The number of methoxy groups -OCH3 is 1. The average molecular weight is 334 g/mol.